The number of phenols is 1. The number of thiophene rings is 1. The number of Topliss-reactive ketones (excluding diaryl/α,β-unsaturated/α-hetero) is 3. The number of carboxylic acid groups (broad SMARTS) is 1. The van der Waals surface area contributed by atoms with Gasteiger partial charge in [0.2, 0.25) is 82.7 Å². The molecule has 4 aliphatic rings. The van der Waals surface area contributed by atoms with Gasteiger partial charge in [-0.2, -0.15) is 11.8 Å². The Balaban J connectivity index is 1.01. The van der Waals surface area contributed by atoms with E-state index in [1.807, 2.05) is 32.0 Å². The average molecular weight is 1880 g/mol. The van der Waals surface area contributed by atoms with Crippen LogP contribution in [0, 0.1) is 17.8 Å². The van der Waals surface area contributed by atoms with E-state index in [2.05, 4.69) is 52.2 Å². The summed E-state index contributed by atoms with van der Waals surface area (Å²) in [6.07, 6.45) is 0.162. The standard InChI is InChI=1S/C92H121N17O22S2/c1-6-8-20-70-85(124)99-51(3)74(113)38-57(82(121)97-44-79(94)117)47-132-49-80(118)100-66(33-52-25-28-59(111)29-26-52)91(130)107-31-15-14-22-69(107)76(115)37-54(39-81(119)120)89(128)108-32-16-23-71(108)86(125)101-64(40-58-43-95-50-98-58)75(114)36-53(27-30-78(93)116)88(127)109-45-60(112)41-73(109)87(126)102-65(34-55-42-96-63-19-12-10-17-61(55)63)83(122)104-68(46-110)84(123)103-67(35-56-48-133-77-24-13-11-18-62(56)77)90(129)106(5)72(21-9-7-2)92(131)105(70)4/h10-13,17-19,24-26,28-29,42-43,48,50-51,53-54,57,60,64-73,96,110-112H,6-9,14-16,20-23,27,30-41,44-47,49H2,1-5H3,(H2,93,116)(H2,94,117)(H,95,98)(H,97,121)(H,99,124)(H,100,118)(H,101,125)(H,102,126)(H,103,123)(H,104,122)(H,119,120)/t51-,53+,54-,57-,60+,64-,65-,66-,67-,68-,69-,70-,71-,72-,73-/m0/s1. The van der Waals surface area contributed by atoms with Crippen LogP contribution in [0.4, 0.5) is 0 Å². The van der Waals surface area contributed by atoms with Gasteiger partial charge in [0.1, 0.15) is 54.1 Å². The molecule has 17 N–H and O–H groups in total. The van der Waals surface area contributed by atoms with E-state index in [4.69, 9.17) is 11.5 Å². The molecule has 15 atom stereocenters. The van der Waals surface area contributed by atoms with Gasteiger partial charge < -0.3 is 104 Å². The number of nitrogens with one attached hydrogen (secondary N) is 9. The predicted octanol–water partition coefficient (Wildman–Crippen LogP) is 1.19. The van der Waals surface area contributed by atoms with Crippen molar-refractivity contribution in [2.75, 3.05) is 58.4 Å². The quantitative estimate of drug-likeness (QED) is 0.0428. The number of fused-ring (bicyclic) bond motifs is 5. The lowest BCUT2D eigenvalue weighted by Gasteiger charge is -2.38. The molecule has 0 unspecified atom stereocenters. The van der Waals surface area contributed by atoms with E-state index in [1.165, 1.54) is 78.9 Å². The molecule has 14 amide bonds. The third kappa shape index (κ3) is 27.8. The molecule has 3 aromatic heterocycles. The smallest absolute Gasteiger partial charge is 0.304 e. The number of likely N-dealkylation sites (N-methyl/N-ethyl adjacent to an activating group) is 2. The monoisotopic (exact) mass is 1880 g/mol. The van der Waals surface area contributed by atoms with Crippen LogP contribution in [0.3, 0.4) is 0 Å². The zero-order valence-corrected chi connectivity index (χ0v) is 76.8. The zero-order valence-electron chi connectivity index (χ0n) is 75.2. The molecule has 41 heteroatoms. The molecule has 0 radical (unpaired) electrons. The number of aliphatic hydroxyl groups is 2. The summed E-state index contributed by atoms with van der Waals surface area (Å²) < 4.78 is 0.816. The number of nitrogens with two attached hydrogens (primary N) is 2. The average Bonchev–Trinajstić information content (AvgIpc) is 1.64. The van der Waals surface area contributed by atoms with Crippen LogP contribution in [0.2, 0.25) is 0 Å². The number of aliphatic carboxylic acids is 1. The number of rotatable bonds is 23. The van der Waals surface area contributed by atoms with Crippen LogP contribution in [-0.2, 0) is 112 Å². The summed E-state index contributed by atoms with van der Waals surface area (Å²) in [7, 11) is 2.73. The molecule has 133 heavy (non-hydrogen) atoms. The Kier molecular flexibility index (Phi) is 37.6. The van der Waals surface area contributed by atoms with Crippen LogP contribution in [0.5, 0.6) is 5.75 Å². The van der Waals surface area contributed by atoms with Crippen molar-refractivity contribution < 1.29 is 107 Å². The number of aromatic amines is 2. The number of primary amides is 2. The van der Waals surface area contributed by atoms with Crippen LogP contribution in [-0.4, -0.2) is 297 Å². The first-order valence-corrected chi connectivity index (χ1v) is 47.1. The number of piperidine rings is 1. The molecule has 0 spiro atoms. The number of H-pyrrole nitrogens is 2. The summed E-state index contributed by atoms with van der Waals surface area (Å²) in [5.41, 5.74) is 13.5. The summed E-state index contributed by atoms with van der Waals surface area (Å²) in [5.74, 6) is -21.6. The molecule has 718 valence electrons. The van der Waals surface area contributed by atoms with Crippen LogP contribution in [0.15, 0.2) is 96.9 Å². The van der Waals surface area contributed by atoms with Gasteiger partial charge in [-0.15, -0.1) is 11.3 Å². The van der Waals surface area contributed by atoms with E-state index in [-0.39, 0.29) is 82.4 Å². The lowest BCUT2D eigenvalue weighted by molar-refractivity contribution is -0.150. The number of aromatic hydroxyl groups is 1. The zero-order chi connectivity index (χ0) is 96.4. The molecule has 4 fully saturated rings. The number of hydrogen-bond donors (Lipinski definition) is 15. The first-order valence-electron chi connectivity index (χ1n) is 45.1. The van der Waals surface area contributed by atoms with Gasteiger partial charge in [-0.05, 0) is 110 Å². The van der Waals surface area contributed by atoms with Gasteiger partial charge in [0, 0.05) is 137 Å². The number of hydrogen-bond acceptors (Lipinski definition) is 24. The Labute approximate surface area is 776 Å². The molecule has 4 saturated heterocycles. The van der Waals surface area contributed by atoms with Gasteiger partial charge >= 0.3 is 5.97 Å². The summed E-state index contributed by atoms with van der Waals surface area (Å²) in [6, 6.07) is 3.54. The van der Waals surface area contributed by atoms with Crippen molar-refractivity contribution in [1.29, 1.82) is 0 Å². The second-order valence-electron chi connectivity index (χ2n) is 34.7. The largest absolute Gasteiger partial charge is 0.508 e. The van der Waals surface area contributed by atoms with E-state index in [0.29, 0.717) is 77.2 Å². The molecule has 4 aliphatic heterocycles. The fourth-order valence-electron chi connectivity index (χ4n) is 17.7. The van der Waals surface area contributed by atoms with Crippen LogP contribution < -0.4 is 48.7 Å². The van der Waals surface area contributed by atoms with Crippen molar-refractivity contribution in [2.24, 2.45) is 29.2 Å². The van der Waals surface area contributed by atoms with E-state index in [9.17, 15) is 63.6 Å². The fraction of sp³-hybridized carbons (Fsp3) is 0.533. The first-order chi connectivity index (χ1) is 63.6. The van der Waals surface area contributed by atoms with Gasteiger partial charge in [-0.3, -0.25) is 86.3 Å². The molecular weight excluding hydrogens is 1760 g/mol. The number of benzene rings is 3. The van der Waals surface area contributed by atoms with Crippen LogP contribution in [0.25, 0.3) is 21.0 Å². The Morgan fingerprint density at radius 1 is 0.571 bits per heavy atom. The van der Waals surface area contributed by atoms with E-state index in [0.717, 1.165) is 31.2 Å². The minimum absolute atomic E-state index is 0.0255. The molecule has 39 nitrogen and oxygen atoms in total. The van der Waals surface area contributed by atoms with Gasteiger partial charge in [0.25, 0.3) is 0 Å². The topological polar surface area (TPSA) is 585 Å². The second kappa shape index (κ2) is 48.8. The maximum atomic E-state index is 15.7. The van der Waals surface area contributed by atoms with Crippen molar-refractivity contribution in [3.63, 3.8) is 0 Å². The Morgan fingerprint density at radius 3 is 1.88 bits per heavy atom. The second-order valence-corrected chi connectivity index (χ2v) is 36.6. The number of thioether (sulfide) groups is 1. The summed E-state index contributed by atoms with van der Waals surface area (Å²) in [5, 5.41) is 65.1. The van der Waals surface area contributed by atoms with Gasteiger partial charge in [-0.1, -0.05) is 88.1 Å². The highest BCUT2D eigenvalue weighted by Gasteiger charge is 2.47. The maximum Gasteiger partial charge on any atom is 0.304 e. The number of aliphatic hydroxyl groups excluding tert-OH is 2. The molecule has 0 bridgehead atoms. The SMILES string of the molecule is CCCC[C@H]1C(=O)N(C)[C@@H](CCCC)C(=O)N[C@@H](C)C(=O)C[C@H](C(=O)NCC(N)=O)CSCC(=O)N[C@@H](Cc2ccc(O)cc2)C(=O)N2CCCC[C@H]2C(=O)C[C@@H](CC(=O)O)C(=O)N2CCC[C@H]2C(=O)N[C@@H](Cc2cnc[nH]2)C(=O)C[C@@H](CCC(N)=O)C(=O)N2C[C@H](O)C[C@H]2C(=O)N[C@@H](Cc2c[nH]c3ccccc23)C(=O)N[C@@H](CO)C(=O)N[C@@H](Cc2csc3ccccc23)C(=O)N1C. The molecule has 0 aliphatic carbocycles. The van der Waals surface area contributed by atoms with Gasteiger partial charge in [-0.25, -0.2) is 4.98 Å². The third-order valence-corrected chi connectivity index (χ3v) is 27.1. The molecular formula is C92H121N17O22S2. The van der Waals surface area contributed by atoms with Crippen molar-refractivity contribution >= 4 is 150 Å². The minimum Gasteiger partial charge on any atom is -0.508 e. The maximum absolute atomic E-state index is 15.7. The predicted molar refractivity (Wildman–Crippen MR) is 488 cm³/mol. The van der Waals surface area contributed by atoms with Crippen LogP contribution in [0.1, 0.15) is 159 Å². The number of phenolic OH excluding ortho intramolecular Hbond substituents is 1. The lowest BCUT2D eigenvalue weighted by Crippen LogP contribution is -2.61. The number of amides is 14. The lowest BCUT2D eigenvalue weighted by atomic mass is 9.89. The summed E-state index contributed by atoms with van der Waals surface area (Å²) >= 11 is 2.21. The normalized spacial score (nSPS) is 25.6. The number of nitrogens with zero attached hydrogens (tertiary/aromatic N) is 6. The van der Waals surface area contributed by atoms with Crippen molar-refractivity contribution in [3.8, 4) is 5.75 Å². The van der Waals surface area contributed by atoms with E-state index >= 15 is 43.2 Å². The van der Waals surface area contributed by atoms with E-state index in [1.54, 1.807) is 41.9 Å². The van der Waals surface area contributed by atoms with Gasteiger partial charge in [0.05, 0.1) is 67.7 Å². The molecule has 7 heterocycles. The third-order valence-electron chi connectivity index (χ3n) is 25.0. The van der Waals surface area contributed by atoms with Crippen molar-refractivity contribution in [1.82, 2.24) is 76.7 Å². The number of carbonyl (C=O) groups excluding carboxylic acids is 17. The Hall–Kier alpha value is -12.5. The number of unbranched alkanes of at least 4 members (excludes halogenated alkanes) is 2. The first kappa shape index (κ1) is 103. The van der Waals surface area contributed by atoms with Crippen molar-refractivity contribution in [3.05, 3.63) is 119 Å². The molecule has 6 aromatic rings. The number of carboxylic acids is 1. The van der Waals surface area contributed by atoms with Crippen LogP contribution >= 0.6 is 23.1 Å². The number of para-hydroxylation sites is 1. The highest BCUT2D eigenvalue weighted by atomic mass is 32.2. The molecule has 0 saturated carbocycles. The number of aromatic nitrogens is 3. The van der Waals surface area contributed by atoms with Crippen molar-refractivity contribution in [2.45, 2.75) is 235 Å². The Morgan fingerprint density at radius 2 is 1.19 bits per heavy atom. The molecule has 10 rings (SSSR count). The molecule has 3 aromatic carbocycles. The summed E-state index contributed by atoms with van der Waals surface area (Å²) in [4.78, 5) is 279. The fourth-order valence-corrected chi connectivity index (χ4v) is 19.6. The summed E-state index contributed by atoms with van der Waals surface area (Å²) in [6.45, 7) is 2.62. The highest BCUT2D eigenvalue weighted by molar-refractivity contribution is 7.99. The number of carbonyl (C=O) groups is 18. The highest BCUT2D eigenvalue weighted by Crippen LogP contribution is 2.33. The minimum atomic E-state index is -1.89. The number of ketones is 3. The number of imidazole rings is 1. The Bertz CT molecular complexity index is 5200. The van der Waals surface area contributed by atoms with Gasteiger partial charge in [0.15, 0.2) is 17.3 Å². The van der Waals surface area contributed by atoms with E-state index < -0.39 is 267 Å².